The Bertz CT molecular complexity index is 419. The Morgan fingerprint density at radius 1 is 1.45 bits per heavy atom. The predicted octanol–water partition coefficient (Wildman–Crippen LogP) is 0.633. The van der Waals surface area contributed by atoms with Crippen LogP contribution < -0.4 is 5.32 Å². The maximum absolute atomic E-state index is 12.0. The monoisotopic (exact) mass is 284 g/mol. The van der Waals surface area contributed by atoms with Crippen LogP contribution in [0.4, 0.5) is 10.6 Å². The van der Waals surface area contributed by atoms with Crippen LogP contribution in [0.15, 0.2) is 16.9 Å². The van der Waals surface area contributed by atoms with E-state index in [1.54, 1.807) is 21.2 Å². The minimum absolute atomic E-state index is 0.0480. The van der Waals surface area contributed by atoms with Crippen LogP contribution in [0.25, 0.3) is 0 Å². The Morgan fingerprint density at radius 2 is 2.20 bits per heavy atom. The molecule has 8 heteroatoms. The van der Waals surface area contributed by atoms with Crippen LogP contribution in [-0.4, -0.2) is 67.8 Å². The molecule has 0 bridgehead atoms. The lowest BCUT2D eigenvalue weighted by Crippen LogP contribution is -2.44. The van der Waals surface area contributed by atoms with Crippen LogP contribution in [0.1, 0.15) is 6.42 Å². The Morgan fingerprint density at radius 3 is 2.75 bits per heavy atom. The first-order valence-electron chi connectivity index (χ1n) is 6.20. The number of amides is 3. The van der Waals surface area contributed by atoms with Gasteiger partial charge in [0.05, 0.1) is 0 Å². The zero-order chi connectivity index (χ0) is 15.0. The first-order valence-corrected chi connectivity index (χ1v) is 6.20. The van der Waals surface area contributed by atoms with Crippen molar-refractivity contribution in [1.82, 2.24) is 15.0 Å². The van der Waals surface area contributed by atoms with E-state index in [1.165, 1.54) is 22.1 Å². The fourth-order valence-electron chi connectivity index (χ4n) is 1.56. The summed E-state index contributed by atoms with van der Waals surface area (Å²) in [7, 11) is 4.87. The van der Waals surface area contributed by atoms with Crippen molar-refractivity contribution >= 4 is 17.8 Å². The molecule has 0 aliphatic rings. The number of hydrogen-bond donors (Lipinski definition) is 1. The minimum atomic E-state index is -0.327. The van der Waals surface area contributed by atoms with Crippen LogP contribution in [0.5, 0.6) is 0 Å². The molecular weight excluding hydrogens is 264 g/mol. The largest absolute Gasteiger partial charge is 0.385 e. The maximum Gasteiger partial charge on any atom is 0.319 e. The summed E-state index contributed by atoms with van der Waals surface area (Å²) < 4.78 is 9.56. The lowest BCUT2D eigenvalue weighted by atomic mass is 10.4. The molecule has 0 fully saturated rings. The van der Waals surface area contributed by atoms with E-state index in [9.17, 15) is 9.59 Å². The topological polar surface area (TPSA) is 87.9 Å². The molecule has 1 aromatic heterocycles. The summed E-state index contributed by atoms with van der Waals surface area (Å²) in [4.78, 5) is 26.7. The number of aromatic nitrogens is 1. The number of hydrogen-bond acceptors (Lipinski definition) is 5. The molecule has 0 spiro atoms. The molecule has 3 amide bonds. The highest BCUT2D eigenvalue weighted by Gasteiger charge is 2.18. The Balaban J connectivity index is 2.53. The third-order valence-electron chi connectivity index (χ3n) is 2.47. The minimum Gasteiger partial charge on any atom is -0.385 e. The molecule has 20 heavy (non-hydrogen) atoms. The van der Waals surface area contributed by atoms with Gasteiger partial charge in [0, 0.05) is 40.4 Å². The zero-order valence-electron chi connectivity index (χ0n) is 12.0. The molecule has 112 valence electrons. The average Bonchev–Trinajstić information content (AvgIpc) is 2.89. The number of urea groups is 1. The molecular formula is C12H20N4O4. The maximum atomic E-state index is 12.0. The first-order chi connectivity index (χ1) is 9.54. The molecule has 0 unspecified atom stereocenters. The van der Waals surface area contributed by atoms with Crippen LogP contribution in [0.2, 0.25) is 0 Å². The van der Waals surface area contributed by atoms with Crippen LogP contribution in [0, 0.1) is 0 Å². The highest BCUT2D eigenvalue weighted by Crippen LogP contribution is 2.03. The number of rotatable bonds is 7. The van der Waals surface area contributed by atoms with E-state index in [2.05, 4.69) is 15.0 Å². The van der Waals surface area contributed by atoms with Gasteiger partial charge in [0.2, 0.25) is 5.91 Å². The van der Waals surface area contributed by atoms with E-state index < -0.39 is 0 Å². The summed E-state index contributed by atoms with van der Waals surface area (Å²) in [6.07, 6.45) is 2.02. The summed E-state index contributed by atoms with van der Waals surface area (Å²) in [6, 6.07) is 1.30. The normalized spacial score (nSPS) is 10.2. The van der Waals surface area contributed by atoms with E-state index in [1.807, 2.05) is 0 Å². The van der Waals surface area contributed by atoms with Crippen LogP contribution >= 0.6 is 0 Å². The number of ether oxygens (including phenoxy) is 1. The molecule has 0 saturated carbocycles. The molecule has 0 atom stereocenters. The summed E-state index contributed by atoms with van der Waals surface area (Å²) in [5.74, 6) is -0.00402. The number of nitrogens with one attached hydrogen (secondary N) is 1. The van der Waals surface area contributed by atoms with Gasteiger partial charge in [-0.25, -0.2) is 4.79 Å². The number of methoxy groups -OCH3 is 1. The summed E-state index contributed by atoms with van der Waals surface area (Å²) in [5.41, 5.74) is 0. The molecule has 0 aliphatic carbocycles. The molecule has 0 aliphatic heterocycles. The predicted molar refractivity (Wildman–Crippen MR) is 72.3 cm³/mol. The van der Waals surface area contributed by atoms with Crippen molar-refractivity contribution in [2.45, 2.75) is 6.42 Å². The first kappa shape index (κ1) is 16.0. The van der Waals surface area contributed by atoms with Gasteiger partial charge in [-0.3, -0.25) is 4.79 Å². The third-order valence-corrected chi connectivity index (χ3v) is 2.47. The van der Waals surface area contributed by atoms with Gasteiger partial charge in [-0.2, -0.15) is 0 Å². The Labute approximate surface area is 117 Å². The van der Waals surface area contributed by atoms with E-state index in [0.717, 1.165) is 0 Å². The van der Waals surface area contributed by atoms with E-state index in [4.69, 9.17) is 4.74 Å². The van der Waals surface area contributed by atoms with E-state index in [0.29, 0.717) is 25.4 Å². The van der Waals surface area contributed by atoms with Gasteiger partial charge in [0.15, 0.2) is 5.82 Å². The van der Waals surface area contributed by atoms with Gasteiger partial charge < -0.3 is 24.4 Å². The Kier molecular flexibility index (Phi) is 6.51. The second kappa shape index (κ2) is 8.16. The fraction of sp³-hybridized carbons (Fsp3) is 0.583. The van der Waals surface area contributed by atoms with E-state index in [-0.39, 0.29) is 18.5 Å². The number of nitrogens with zero attached hydrogens (tertiary/aromatic N) is 3. The number of carbonyl (C=O) groups is 2. The summed E-state index contributed by atoms with van der Waals surface area (Å²) in [5, 5.41) is 6.13. The third kappa shape index (κ3) is 5.27. The highest BCUT2D eigenvalue weighted by molar-refractivity contribution is 5.93. The van der Waals surface area contributed by atoms with Gasteiger partial charge >= 0.3 is 6.03 Å². The lowest BCUT2D eigenvalue weighted by Gasteiger charge is -2.25. The summed E-state index contributed by atoms with van der Waals surface area (Å²) >= 11 is 0. The smallest absolute Gasteiger partial charge is 0.319 e. The van der Waals surface area contributed by atoms with Crippen LogP contribution in [-0.2, 0) is 9.53 Å². The van der Waals surface area contributed by atoms with Gasteiger partial charge in [0.25, 0.3) is 0 Å². The second-order valence-corrected chi connectivity index (χ2v) is 4.38. The van der Waals surface area contributed by atoms with Crippen molar-refractivity contribution in [3.8, 4) is 0 Å². The van der Waals surface area contributed by atoms with E-state index >= 15 is 0 Å². The SMILES string of the molecule is COCCCN(CC(=O)Nc1ccon1)C(=O)N(C)C. The van der Waals surface area contributed by atoms with Crippen molar-refractivity contribution in [2.24, 2.45) is 0 Å². The van der Waals surface area contributed by atoms with Gasteiger partial charge in [-0.05, 0) is 6.42 Å². The van der Waals surface area contributed by atoms with Crippen molar-refractivity contribution in [3.63, 3.8) is 0 Å². The van der Waals surface area contributed by atoms with Crippen molar-refractivity contribution in [3.05, 3.63) is 12.3 Å². The number of carbonyl (C=O) groups excluding carboxylic acids is 2. The lowest BCUT2D eigenvalue weighted by molar-refractivity contribution is -0.117. The molecule has 1 aromatic rings. The Hall–Kier alpha value is -2.09. The molecule has 0 saturated heterocycles. The molecule has 1 rings (SSSR count). The molecule has 1 N–H and O–H groups in total. The van der Waals surface area contributed by atoms with Crippen molar-refractivity contribution in [2.75, 3.05) is 46.2 Å². The van der Waals surface area contributed by atoms with Gasteiger partial charge in [0.1, 0.15) is 12.8 Å². The average molecular weight is 284 g/mol. The molecule has 1 heterocycles. The molecule has 0 aromatic carbocycles. The molecule has 8 nitrogen and oxygen atoms in total. The second-order valence-electron chi connectivity index (χ2n) is 4.38. The quantitative estimate of drug-likeness (QED) is 0.742. The summed E-state index contributed by atoms with van der Waals surface area (Å²) in [6.45, 7) is 0.923. The van der Waals surface area contributed by atoms with Gasteiger partial charge in [-0.1, -0.05) is 5.16 Å². The fourth-order valence-corrected chi connectivity index (χ4v) is 1.56. The molecule has 0 radical (unpaired) electrons. The van der Waals surface area contributed by atoms with Gasteiger partial charge in [-0.15, -0.1) is 0 Å². The van der Waals surface area contributed by atoms with Crippen molar-refractivity contribution in [1.29, 1.82) is 0 Å². The van der Waals surface area contributed by atoms with Crippen LogP contribution in [0.3, 0.4) is 0 Å². The zero-order valence-corrected chi connectivity index (χ0v) is 12.0. The standard InChI is InChI=1S/C12H20N4O4/c1-15(2)12(18)16(6-4-7-19-3)9-11(17)13-10-5-8-20-14-10/h5,8H,4,6-7,9H2,1-3H3,(H,13,14,17). The highest BCUT2D eigenvalue weighted by atomic mass is 16.5. The van der Waals surface area contributed by atoms with Crippen molar-refractivity contribution < 1.29 is 18.8 Å². The number of anilines is 1.